The summed E-state index contributed by atoms with van der Waals surface area (Å²) in [7, 11) is 3.83. The third-order valence-electron chi connectivity index (χ3n) is 6.55. The normalized spacial score (nSPS) is 21.4. The smallest absolute Gasteiger partial charge is 0.258 e. The maximum Gasteiger partial charge on any atom is 0.258 e. The summed E-state index contributed by atoms with van der Waals surface area (Å²) in [5, 5.41) is 0. The minimum atomic E-state index is 0.0553. The summed E-state index contributed by atoms with van der Waals surface area (Å²) in [5.41, 5.74) is 6.48. The number of hydrogen-bond acceptors (Lipinski definition) is 3. The highest BCUT2D eigenvalue weighted by Crippen LogP contribution is 2.44. The van der Waals surface area contributed by atoms with Gasteiger partial charge in [-0.05, 0) is 80.6 Å². The molecule has 152 valence electrons. The molecule has 1 atom stereocenters. The number of carbonyl (C=O) groups excluding carboxylic acids is 1. The van der Waals surface area contributed by atoms with E-state index in [4.69, 9.17) is 4.74 Å². The summed E-state index contributed by atoms with van der Waals surface area (Å²) < 4.78 is 5.40. The molecule has 1 unspecified atom stereocenters. The molecule has 0 radical (unpaired) electrons. The predicted molar refractivity (Wildman–Crippen MR) is 121 cm³/mol. The molecule has 0 fully saturated rings. The monoisotopic (exact) mass is 390 g/mol. The summed E-state index contributed by atoms with van der Waals surface area (Å²) in [6.07, 6.45) is 3.14. The molecule has 2 aromatic rings. The topological polar surface area (TPSA) is 32.8 Å². The first-order valence-corrected chi connectivity index (χ1v) is 10.4. The molecule has 0 aliphatic carbocycles. The van der Waals surface area contributed by atoms with Crippen LogP contribution in [0.2, 0.25) is 0 Å². The van der Waals surface area contributed by atoms with Crippen molar-refractivity contribution >= 4 is 28.9 Å². The first kappa shape index (κ1) is 19.6. The van der Waals surface area contributed by atoms with E-state index in [1.807, 2.05) is 36.1 Å². The summed E-state index contributed by atoms with van der Waals surface area (Å²) >= 11 is 0. The quantitative estimate of drug-likeness (QED) is 0.665. The lowest BCUT2D eigenvalue weighted by Crippen LogP contribution is -2.45. The summed E-state index contributed by atoms with van der Waals surface area (Å²) in [6, 6.07) is 12.4. The number of fused-ring (bicyclic) bond motifs is 2. The fourth-order valence-electron chi connectivity index (χ4n) is 4.77. The zero-order chi connectivity index (χ0) is 20.9. The van der Waals surface area contributed by atoms with E-state index in [0.717, 1.165) is 34.6 Å². The Morgan fingerprint density at radius 3 is 2.59 bits per heavy atom. The van der Waals surface area contributed by atoms with Gasteiger partial charge in [-0.3, -0.25) is 4.79 Å². The van der Waals surface area contributed by atoms with Gasteiger partial charge in [0, 0.05) is 36.0 Å². The summed E-state index contributed by atoms with van der Waals surface area (Å²) in [5.74, 6) is 1.30. The van der Waals surface area contributed by atoms with E-state index in [1.54, 1.807) is 7.11 Å². The lowest BCUT2D eigenvalue weighted by atomic mass is 9.80. The van der Waals surface area contributed by atoms with Crippen molar-refractivity contribution in [3.8, 4) is 5.75 Å². The summed E-state index contributed by atoms with van der Waals surface area (Å²) in [4.78, 5) is 17.3. The van der Waals surface area contributed by atoms with Gasteiger partial charge >= 0.3 is 0 Å². The zero-order valence-corrected chi connectivity index (χ0v) is 18.2. The number of anilines is 2. The largest absolute Gasteiger partial charge is 0.497 e. The molecular weight excluding hydrogens is 360 g/mol. The second kappa shape index (κ2) is 6.94. The van der Waals surface area contributed by atoms with E-state index in [0.29, 0.717) is 12.5 Å². The number of ether oxygens (including phenoxy) is 1. The van der Waals surface area contributed by atoms with E-state index in [-0.39, 0.29) is 11.4 Å². The number of benzene rings is 2. The van der Waals surface area contributed by atoms with Crippen LogP contribution < -0.4 is 14.5 Å². The molecule has 0 saturated heterocycles. The highest BCUT2D eigenvalue weighted by molar-refractivity contribution is 6.35. The second-order valence-corrected chi connectivity index (χ2v) is 8.79. The molecule has 4 rings (SSSR count). The van der Waals surface area contributed by atoms with E-state index in [9.17, 15) is 4.79 Å². The highest BCUT2D eigenvalue weighted by atomic mass is 16.5. The van der Waals surface area contributed by atoms with E-state index >= 15 is 0 Å². The van der Waals surface area contributed by atoms with Gasteiger partial charge in [-0.25, -0.2) is 0 Å². The minimum absolute atomic E-state index is 0.0553. The SMILES string of the molecule is CCN1C(=O)C(=Cc2ccc3c(c2)C(C)CC(C)(C)N3C)c2cc(OC)ccc21. The number of likely N-dealkylation sites (N-methyl/N-ethyl adjacent to an activating group) is 1. The lowest BCUT2D eigenvalue weighted by Gasteiger charge is -2.45. The summed E-state index contributed by atoms with van der Waals surface area (Å²) in [6.45, 7) is 9.54. The van der Waals surface area contributed by atoms with E-state index in [1.165, 1.54) is 11.3 Å². The van der Waals surface area contributed by atoms with Crippen LogP contribution in [0.1, 0.15) is 56.7 Å². The van der Waals surface area contributed by atoms with Gasteiger partial charge in [0.1, 0.15) is 5.75 Å². The van der Waals surface area contributed by atoms with Crippen molar-refractivity contribution < 1.29 is 9.53 Å². The molecule has 2 heterocycles. The molecule has 29 heavy (non-hydrogen) atoms. The fourth-order valence-corrected chi connectivity index (χ4v) is 4.77. The predicted octanol–water partition coefficient (Wildman–Crippen LogP) is 5.32. The van der Waals surface area contributed by atoms with Crippen LogP contribution in [0.3, 0.4) is 0 Å². The number of amides is 1. The van der Waals surface area contributed by atoms with Crippen molar-refractivity contribution in [1.82, 2.24) is 0 Å². The number of rotatable bonds is 3. The molecule has 2 aliphatic rings. The third-order valence-corrected chi connectivity index (χ3v) is 6.55. The van der Waals surface area contributed by atoms with Gasteiger partial charge in [0.2, 0.25) is 0 Å². The second-order valence-electron chi connectivity index (χ2n) is 8.79. The van der Waals surface area contributed by atoms with Crippen molar-refractivity contribution in [3.05, 3.63) is 53.1 Å². The van der Waals surface area contributed by atoms with Crippen LogP contribution in [0.4, 0.5) is 11.4 Å². The molecule has 0 saturated carbocycles. The van der Waals surface area contributed by atoms with Crippen LogP contribution in [0, 0.1) is 0 Å². The van der Waals surface area contributed by atoms with Crippen molar-refractivity contribution in [2.24, 2.45) is 0 Å². The van der Waals surface area contributed by atoms with Gasteiger partial charge < -0.3 is 14.5 Å². The Bertz CT molecular complexity index is 1010. The zero-order valence-electron chi connectivity index (χ0n) is 18.2. The van der Waals surface area contributed by atoms with Gasteiger partial charge in [-0.1, -0.05) is 13.0 Å². The van der Waals surface area contributed by atoms with Crippen LogP contribution in [-0.2, 0) is 4.79 Å². The van der Waals surface area contributed by atoms with Crippen molar-refractivity contribution in [3.63, 3.8) is 0 Å². The lowest BCUT2D eigenvalue weighted by molar-refractivity contribution is -0.112. The molecule has 4 heteroatoms. The Labute approximate surface area is 173 Å². The van der Waals surface area contributed by atoms with Crippen LogP contribution in [0.5, 0.6) is 5.75 Å². The van der Waals surface area contributed by atoms with Gasteiger partial charge in [-0.15, -0.1) is 0 Å². The number of hydrogen-bond donors (Lipinski definition) is 0. The number of nitrogens with zero attached hydrogens (tertiary/aromatic N) is 2. The molecule has 1 amide bonds. The van der Waals surface area contributed by atoms with Crippen LogP contribution >= 0.6 is 0 Å². The average Bonchev–Trinajstić information content (AvgIpc) is 2.96. The molecule has 0 spiro atoms. The molecule has 2 aliphatic heterocycles. The van der Waals surface area contributed by atoms with Crippen molar-refractivity contribution in [1.29, 1.82) is 0 Å². The Kier molecular flexibility index (Phi) is 4.68. The van der Waals surface area contributed by atoms with Crippen molar-refractivity contribution in [2.45, 2.75) is 45.6 Å². The van der Waals surface area contributed by atoms with Crippen LogP contribution in [-0.4, -0.2) is 32.1 Å². The van der Waals surface area contributed by atoms with E-state index < -0.39 is 0 Å². The Balaban J connectivity index is 1.80. The van der Waals surface area contributed by atoms with Crippen LogP contribution in [0.15, 0.2) is 36.4 Å². The molecule has 0 bridgehead atoms. The van der Waals surface area contributed by atoms with Gasteiger partial charge in [0.05, 0.1) is 12.8 Å². The first-order chi connectivity index (χ1) is 13.8. The molecular formula is C25H30N2O2. The Morgan fingerprint density at radius 1 is 1.17 bits per heavy atom. The molecule has 0 N–H and O–H groups in total. The van der Waals surface area contributed by atoms with Crippen molar-refractivity contribution in [2.75, 3.05) is 30.5 Å². The van der Waals surface area contributed by atoms with Gasteiger partial charge in [0.25, 0.3) is 5.91 Å². The standard InChI is InChI=1S/C25H30N2O2/c1-7-27-23-11-9-18(29-6)14-20(23)21(24(27)28)13-17-8-10-22-19(12-17)16(2)15-25(3,4)26(22)5/h8-14,16H,7,15H2,1-6H3. The van der Waals surface area contributed by atoms with Gasteiger partial charge in [-0.2, -0.15) is 0 Å². The minimum Gasteiger partial charge on any atom is -0.497 e. The maximum absolute atomic E-state index is 13.1. The van der Waals surface area contributed by atoms with Gasteiger partial charge in [0.15, 0.2) is 0 Å². The molecule has 0 aromatic heterocycles. The average molecular weight is 391 g/mol. The fraction of sp³-hybridized carbons (Fsp3) is 0.400. The number of carbonyl (C=O) groups is 1. The highest BCUT2D eigenvalue weighted by Gasteiger charge is 2.35. The molecule has 4 nitrogen and oxygen atoms in total. The molecule has 2 aromatic carbocycles. The van der Waals surface area contributed by atoms with Crippen LogP contribution in [0.25, 0.3) is 11.6 Å². The maximum atomic E-state index is 13.1. The first-order valence-electron chi connectivity index (χ1n) is 10.4. The Morgan fingerprint density at radius 2 is 1.90 bits per heavy atom. The third kappa shape index (κ3) is 3.11. The van der Waals surface area contributed by atoms with E-state index in [2.05, 4.69) is 50.9 Å². The Hall–Kier alpha value is -2.75. The number of methoxy groups -OCH3 is 1.